The minimum atomic E-state index is -4.96. The summed E-state index contributed by atoms with van der Waals surface area (Å²) >= 11 is 0. The zero-order valence-corrected chi connectivity index (χ0v) is 12.2. The molecule has 3 fully saturated rings. The largest absolute Gasteiger partial charge is 0.436 e. The van der Waals surface area contributed by atoms with Gasteiger partial charge in [-0.15, -0.1) is 0 Å². The summed E-state index contributed by atoms with van der Waals surface area (Å²) in [6.07, 6.45) is -1.66. The molecule has 4 rings (SSSR count). The summed E-state index contributed by atoms with van der Waals surface area (Å²) in [5.74, 6) is -2.54. The predicted molar refractivity (Wildman–Crippen MR) is 72.0 cm³/mol. The van der Waals surface area contributed by atoms with Gasteiger partial charge in [0.05, 0.1) is 6.20 Å². The number of nitrogens with zero attached hydrogens (tertiary/aromatic N) is 3. The summed E-state index contributed by atoms with van der Waals surface area (Å²) < 4.78 is 51.1. The van der Waals surface area contributed by atoms with Crippen molar-refractivity contribution in [2.45, 2.75) is 31.5 Å². The van der Waals surface area contributed by atoms with Crippen molar-refractivity contribution >= 4 is 5.91 Å². The summed E-state index contributed by atoms with van der Waals surface area (Å²) in [5, 5.41) is 2.68. The van der Waals surface area contributed by atoms with Crippen LogP contribution in [0.25, 0.3) is 0 Å². The lowest BCUT2D eigenvalue weighted by Gasteiger charge is -2.26. The van der Waals surface area contributed by atoms with Crippen molar-refractivity contribution in [3.8, 4) is 0 Å². The molecule has 5 nitrogen and oxygen atoms in total. The maximum atomic E-state index is 13.2. The van der Waals surface area contributed by atoms with Gasteiger partial charge in [0.1, 0.15) is 0 Å². The first-order valence-electron chi connectivity index (χ1n) is 7.46. The molecule has 0 aliphatic carbocycles. The number of hydrogen-bond donors (Lipinski definition) is 1. The van der Waals surface area contributed by atoms with Crippen molar-refractivity contribution in [3.05, 3.63) is 23.5 Å². The van der Waals surface area contributed by atoms with E-state index in [1.165, 1.54) is 0 Å². The first-order chi connectivity index (χ1) is 10.8. The second kappa shape index (κ2) is 6.03. The van der Waals surface area contributed by atoms with E-state index in [4.69, 9.17) is 0 Å². The zero-order valence-electron chi connectivity index (χ0n) is 12.2. The number of alkyl halides is 3. The maximum Gasteiger partial charge on any atom is 0.436 e. The number of aromatic nitrogens is 2. The van der Waals surface area contributed by atoms with Gasteiger partial charge in [-0.2, -0.15) is 13.2 Å². The van der Waals surface area contributed by atoms with E-state index in [9.17, 15) is 22.4 Å². The molecule has 0 unspecified atom stereocenters. The van der Waals surface area contributed by atoms with Gasteiger partial charge in [0.25, 0.3) is 5.91 Å². The number of piperidine rings is 1. The number of rotatable bonds is 2. The normalized spacial score (nSPS) is 27.6. The fraction of sp³-hybridized carbons (Fsp3) is 0.643. The topological polar surface area (TPSA) is 58.1 Å². The van der Waals surface area contributed by atoms with E-state index < -0.39 is 29.4 Å². The summed E-state index contributed by atoms with van der Waals surface area (Å²) in [4.78, 5) is 20.8. The SMILES string of the molecule is O=C(N[C@@H]1CC2CCN(CC2)C1)c1ncc(F)c(C(F)(F)F)n1. The average Bonchev–Trinajstić information content (AvgIpc) is 2.78. The third-order valence-electron chi connectivity index (χ3n) is 4.35. The molecule has 1 aromatic heterocycles. The Morgan fingerprint density at radius 3 is 2.65 bits per heavy atom. The van der Waals surface area contributed by atoms with Crippen LogP contribution in [0.15, 0.2) is 6.20 Å². The van der Waals surface area contributed by atoms with Gasteiger partial charge >= 0.3 is 6.18 Å². The lowest BCUT2D eigenvalue weighted by Crippen LogP contribution is -2.42. The Labute approximate surface area is 130 Å². The number of amides is 1. The smallest absolute Gasteiger partial charge is 0.345 e. The number of fused-ring (bicyclic) bond motifs is 4. The standard InChI is InChI=1S/C14H16F4N4O/c15-10-6-19-12(21-11(10)14(16,17)18)13(23)20-9-5-8-1-3-22(7-9)4-2-8/h6,8-9H,1-5,7H2,(H,20,23)/t9-/m1/s1. The van der Waals surface area contributed by atoms with E-state index in [1.807, 2.05) is 0 Å². The van der Waals surface area contributed by atoms with E-state index in [-0.39, 0.29) is 6.04 Å². The van der Waals surface area contributed by atoms with Crippen LogP contribution >= 0.6 is 0 Å². The molecule has 3 saturated heterocycles. The van der Waals surface area contributed by atoms with Crippen LogP contribution in [-0.2, 0) is 6.18 Å². The highest BCUT2D eigenvalue weighted by molar-refractivity contribution is 5.90. The first kappa shape index (κ1) is 16.1. The Hall–Kier alpha value is -1.77. The van der Waals surface area contributed by atoms with Gasteiger partial charge in [0.2, 0.25) is 5.82 Å². The third kappa shape index (κ3) is 3.60. The third-order valence-corrected chi connectivity index (χ3v) is 4.35. The van der Waals surface area contributed by atoms with E-state index in [1.54, 1.807) is 0 Å². The van der Waals surface area contributed by atoms with Crippen molar-refractivity contribution in [3.63, 3.8) is 0 Å². The van der Waals surface area contributed by atoms with Gasteiger partial charge in [-0.1, -0.05) is 0 Å². The van der Waals surface area contributed by atoms with E-state index >= 15 is 0 Å². The molecule has 1 N–H and O–H groups in total. The number of carbonyl (C=O) groups is 1. The summed E-state index contributed by atoms with van der Waals surface area (Å²) in [7, 11) is 0. The molecular weight excluding hydrogens is 316 g/mol. The first-order valence-corrected chi connectivity index (χ1v) is 7.46. The Kier molecular flexibility index (Phi) is 4.22. The molecule has 4 heterocycles. The molecule has 1 amide bonds. The fourth-order valence-electron chi connectivity index (χ4n) is 3.22. The number of halogens is 4. The second-order valence-corrected chi connectivity index (χ2v) is 6.04. The van der Waals surface area contributed by atoms with Crippen LogP contribution in [0.2, 0.25) is 0 Å². The average molecular weight is 332 g/mol. The van der Waals surface area contributed by atoms with E-state index in [0.717, 1.165) is 32.4 Å². The van der Waals surface area contributed by atoms with Crippen LogP contribution in [0.3, 0.4) is 0 Å². The Bertz CT molecular complexity index is 585. The second-order valence-electron chi connectivity index (χ2n) is 6.04. The van der Waals surface area contributed by atoms with E-state index in [2.05, 4.69) is 20.2 Å². The van der Waals surface area contributed by atoms with Gasteiger partial charge in [0, 0.05) is 12.6 Å². The predicted octanol–water partition coefficient (Wildman–Crippen LogP) is 1.85. The lowest BCUT2D eigenvalue weighted by atomic mass is 9.94. The zero-order chi connectivity index (χ0) is 16.6. The van der Waals surface area contributed by atoms with Crippen LogP contribution in [0.1, 0.15) is 35.6 Å². The summed E-state index contributed by atoms with van der Waals surface area (Å²) in [6, 6.07) is -0.152. The molecule has 3 aliphatic rings. The number of nitrogens with one attached hydrogen (secondary N) is 1. The van der Waals surface area contributed by atoms with Crippen molar-refractivity contribution in [2.24, 2.45) is 5.92 Å². The Morgan fingerprint density at radius 2 is 2.00 bits per heavy atom. The Balaban J connectivity index is 1.73. The van der Waals surface area contributed by atoms with E-state index in [0.29, 0.717) is 18.7 Å². The highest BCUT2D eigenvalue weighted by Gasteiger charge is 2.37. The Morgan fingerprint density at radius 1 is 1.30 bits per heavy atom. The number of carbonyl (C=O) groups excluding carboxylic acids is 1. The van der Waals surface area contributed by atoms with Gasteiger partial charge in [-0.3, -0.25) is 4.79 Å². The highest BCUT2D eigenvalue weighted by atomic mass is 19.4. The van der Waals surface area contributed by atoms with Gasteiger partial charge < -0.3 is 10.2 Å². The van der Waals surface area contributed by atoms with Crippen LogP contribution in [-0.4, -0.2) is 46.5 Å². The molecule has 23 heavy (non-hydrogen) atoms. The lowest BCUT2D eigenvalue weighted by molar-refractivity contribution is -0.143. The molecule has 0 radical (unpaired) electrons. The molecule has 2 bridgehead atoms. The molecule has 9 heteroatoms. The van der Waals surface area contributed by atoms with Crippen LogP contribution < -0.4 is 5.32 Å². The molecule has 1 aromatic rings. The van der Waals surface area contributed by atoms with Crippen LogP contribution in [0.4, 0.5) is 17.6 Å². The van der Waals surface area contributed by atoms with Crippen molar-refractivity contribution in [1.29, 1.82) is 0 Å². The molecule has 0 saturated carbocycles. The van der Waals surface area contributed by atoms with Crippen molar-refractivity contribution < 1.29 is 22.4 Å². The summed E-state index contributed by atoms with van der Waals surface area (Å²) in [5.41, 5.74) is -1.72. The maximum absolute atomic E-state index is 13.2. The van der Waals surface area contributed by atoms with Crippen LogP contribution in [0.5, 0.6) is 0 Å². The minimum Gasteiger partial charge on any atom is -0.345 e. The van der Waals surface area contributed by atoms with Gasteiger partial charge in [-0.25, -0.2) is 14.4 Å². The highest BCUT2D eigenvalue weighted by Crippen LogP contribution is 2.29. The monoisotopic (exact) mass is 332 g/mol. The fourth-order valence-corrected chi connectivity index (χ4v) is 3.22. The van der Waals surface area contributed by atoms with Gasteiger partial charge in [-0.05, 0) is 38.3 Å². The van der Waals surface area contributed by atoms with Crippen molar-refractivity contribution in [1.82, 2.24) is 20.2 Å². The molecular formula is C14H16F4N4O. The van der Waals surface area contributed by atoms with Gasteiger partial charge in [0.15, 0.2) is 11.5 Å². The molecule has 3 aliphatic heterocycles. The summed E-state index contributed by atoms with van der Waals surface area (Å²) in [6.45, 7) is 2.61. The number of hydrogen-bond acceptors (Lipinski definition) is 4. The molecule has 0 aromatic carbocycles. The van der Waals surface area contributed by atoms with Crippen LogP contribution in [0, 0.1) is 11.7 Å². The minimum absolute atomic E-state index is 0.152. The molecule has 1 atom stereocenters. The quantitative estimate of drug-likeness (QED) is 0.840. The molecule has 0 spiro atoms. The van der Waals surface area contributed by atoms with Crippen molar-refractivity contribution in [2.75, 3.05) is 19.6 Å². The molecule has 126 valence electrons.